The minimum Gasteiger partial charge on any atom is -0.493 e. The third-order valence-electron chi connectivity index (χ3n) is 3.11. The second kappa shape index (κ2) is 8.22. The first kappa shape index (κ1) is 16.9. The monoisotopic (exact) mass is 313 g/mol. The fourth-order valence-corrected chi connectivity index (χ4v) is 1.88. The average Bonchev–Trinajstić information content (AvgIpc) is 2.53. The van der Waals surface area contributed by atoms with Crippen molar-refractivity contribution in [1.82, 2.24) is 0 Å². The number of ether oxygens (including phenoxy) is 2. The Labute approximate surface area is 137 Å². The van der Waals surface area contributed by atoms with Gasteiger partial charge in [0.05, 0.1) is 6.61 Å². The molecule has 0 fully saturated rings. The number of anilines is 1. The Morgan fingerprint density at radius 1 is 0.957 bits per heavy atom. The van der Waals surface area contributed by atoms with Crippen LogP contribution in [0.25, 0.3) is 0 Å². The molecule has 23 heavy (non-hydrogen) atoms. The molecule has 0 aliphatic heterocycles. The minimum absolute atomic E-state index is 0.0192. The molecule has 0 saturated heterocycles. The van der Waals surface area contributed by atoms with Crippen molar-refractivity contribution in [2.75, 3.05) is 18.5 Å². The van der Waals surface area contributed by atoms with Crippen molar-refractivity contribution in [2.24, 2.45) is 5.92 Å². The summed E-state index contributed by atoms with van der Waals surface area (Å²) in [5, 5.41) is 2.80. The van der Waals surface area contributed by atoms with E-state index >= 15 is 0 Å². The van der Waals surface area contributed by atoms with Gasteiger partial charge in [0, 0.05) is 5.69 Å². The van der Waals surface area contributed by atoms with Crippen LogP contribution >= 0.6 is 0 Å². The average molecular weight is 313 g/mol. The van der Waals surface area contributed by atoms with E-state index in [1.54, 1.807) is 0 Å². The maximum absolute atomic E-state index is 11.9. The van der Waals surface area contributed by atoms with Crippen LogP contribution in [0.3, 0.4) is 0 Å². The molecule has 122 valence electrons. The van der Waals surface area contributed by atoms with Crippen LogP contribution in [0.4, 0.5) is 5.69 Å². The molecular formula is C19H23NO3. The lowest BCUT2D eigenvalue weighted by Gasteiger charge is -2.10. The second-order valence-corrected chi connectivity index (χ2v) is 5.88. The summed E-state index contributed by atoms with van der Waals surface area (Å²) in [5.41, 5.74) is 1.88. The molecule has 4 nitrogen and oxygen atoms in total. The van der Waals surface area contributed by atoms with Gasteiger partial charge in [0.15, 0.2) is 6.61 Å². The van der Waals surface area contributed by atoms with Crippen LogP contribution in [0.1, 0.15) is 19.4 Å². The Morgan fingerprint density at radius 3 is 2.13 bits per heavy atom. The predicted molar refractivity (Wildman–Crippen MR) is 92.1 cm³/mol. The molecule has 0 aliphatic rings. The number of rotatable bonds is 7. The quantitative estimate of drug-likeness (QED) is 0.839. The molecule has 0 aliphatic carbocycles. The van der Waals surface area contributed by atoms with Gasteiger partial charge >= 0.3 is 0 Å². The first-order valence-corrected chi connectivity index (χ1v) is 7.75. The molecule has 0 heterocycles. The number of benzene rings is 2. The van der Waals surface area contributed by atoms with E-state index in [1.165, 1.54) is 0 Å². The topological polar surface area (TPSA) is 47.6 Å². The summed E-state index contributed by atoms with van der Waals surface area (Å²) in [6.45, 7) is 6.86. The minimum atomic E-state index is -0.193. The smallest absolute Gasteiger partial charge is 0.262 e. The summed E-state index contributed by atoms with van der Waals surface area (Å²) in [6, 6.07) is 14.9. The van der Waals surface area contributed by atoms with Gasteiger partial charge in [0.1, 0.15) is 11.5 Å². The van der Waals surface area contributed by atoms with Crippen molar-refractivity contribution in [3.8, 4) is 11.5 Å². The Balaban J connectivity index is 1.79. The molecular weight excluding hydrogens is 290 g/mol. The third-order valence-corrected chi connectivity index (χ3v) is 3.11. The zero-order valence-electron chi connectivity index (χ0n) is 13.8. The van der Waals surface area contributed by atoms with Crippen molar-refractivity contribution < 1.29 is 14.3 Å². The van der Waals surface area contributed by atoms with Crippen molar-refractivity contribution in [2.45, 2.75) is 20.8 Å². The van der Waals surface area contributed by atoms with E-state index in [4.69, 9.17) is 9.47 Å². The molecule has 0 aromatic heterocycles. The largest absolute Gasteiger partial charge is 0.493 e. The van der Waals surface area contributed by atoms with Gasteiger partial charge in [-0.15, -0.1) is 0 Å². The van der Waals surface area contributed by atoms with E-state index in [0.29, 0.717) is 18.3 Å². The lowest BCUT2D eigenvalue weighted by Crippen LogP contribution is -2.20. The molecule has 0 unspecified atom stereocenters. The highest BCUT2D eigenvalue weighted by atomic mass is 16.5. The van der Waals surface area contributed by atoms with Crippen molar-refractivity contribution in [1.29, 1.82) is 0 Å². The fourth-order valence-electron chi connectivity index (χ4n) is 1.88. The Kier molecular flexibility index (Phi) is 6.03. The highest BCUT2D eigenvalue weighted by molar-refractivity contribution is 5.91. The van der Waals surface area contributed by atoms with E-state index in [0.717, 1.165) is 17.0 Å². The van der Waals surface area contributed by atoms with Crippen LogP contribution in [0.5, 0.6) is 11.5 Å². The zero-order chi connectivity index (χ0) is 16.7. The summed E-state index contributed by atoms with van der Waals surface area (Å²) in [6.07, 6.45) is 0. The molecule has 1 N–H and O–H groups in total. The third kappa shape index (κ3) is 6.02. The lowest BCUT2D eigenvalue weighted by atomic mass is 10.2. The summed E-state index contributed by atoms with van der Waals surface area (Å²) in [4.78, 5) is 11.9. The van der Waals surface area contributed by atoms with Crippen LogP contribution in [-0.4, -0.2) is 19.1 Å². The van der Waals surface area contributed by atoms with Gasteiger partial charge in [0.25, 0.3) is 5.91 Å². The van der Waals surface area contributed by atoms with Gasteiger partial charge in [-0.05, 0) is 49.2 Å². The summed E-state index contributed by atoms with van der Waals surface area (Å²) >= 11 is 0. The molecule has 0 bridgehead atoms. The van der Waals surface area contributed by atoms with E-state index < -0.39 is 0 Å². The van der Waals surface area contributed by atoms with Gasteiger partial charge in [-0.3, -0.25) is 4.79 Å². The standard InChI is InChI=1S/C19H23NO3/c1-14(2)12-22-18-10-6-16(7-11-18)20-19(21)13-23-17-8-4-15(3)5-9-17/h4-11,14H,12-13H2,1-3H3,(H,20,21). The van der Waals surface area contributed by atoms with Gasteiger partial charge in [-0.1, -0.05) is 31.5 Å². The first-order valence-electron chi connectivity index (χ1n) is 7.75. The molecule has 1 amide bonds. The Bertz CT molecular complexity index is 618. The fraction of sp³-hybridized carbons (Fsp3) is 0.316. The maximum Gasteiger partial charge on any atom is 0.262 e. The summed E-state index contributed by atoms with van der Waals surface area (Å²) < 4.78 is 11.1. The maximum atomic E-state index is 11.9. The molecule has 4 heteroatoms. The van der Waals surface area contributed by atoms with Crippen LogP contribution in [0, 0.1) is 12.8 Å². The van der Waals surface area contributed by atoms with Gasteiger partial charge in [-0.25, -0.2) is 0 Å². The molecule has 2 aromatic carbocycles. The van der Waals surface area contributed by atoms with Crippen molar-refractivity contribution >= 4 is 11.6 Å². The molecule has 0 radical (unpaired) electrons. The number of hydrogen-bond donors (Lipinski definition) is 1. The van der Waals surface area contributed by atoms with E-state index in [9.17, 15) is 4.79 Å². The summed E-state index contributed by atoms with van der Waals surface area (Å²) in [7, 11) is 0. The van der Waals surface area contributed by atoms with Crippen LogP contribution in [-0.2, 0) is 4.79 Å². The number of carbonyl (C=O) groups excluding carboxylic acids is 1. The normalized spacial score (nSPS) is 10.4. The molecule has 0 atom stereocenters. The van der Waals surface area contributed by atoms with Gasteiger partial charge in [0.2, 0.25) is 0 Å². The molecule has 0 spiro atoms. The molecule has 0 saturated carbocycles. The molecule has 2 rings (SSSR count). The van der Waals surface area contributed by atoms with Crippen LogP contribution in [0.15, 0.2) is 48.5 Å². The van der Waals surface area contributed by atoms with E-state index in [2.05, 4.69) is 19.2 Å². The summed E-state index contributed by atoms with van der Waals surface area (Å²) in [5.74, 6) is 1.77. The van der Waals surface area contributed by atoms with E-state index in [-0.39, 0.29) is 12.5 Å². The molecule has 2 aromatic rings. The predicted octanol–water partition coefficient (Wildman–Crippen LogP) is 4.05. The van der Waals surface area contributed by atoms with Crippen LogP contribution in [0.2, 0.25) is 0 Å². The number of carbonyl (C=O) groups is 1. The Hall–Kier alpha value is -2.49. The highest BCUT2D eigenvalue weighted by Gasteiger charge is 2.04. The van der Waals surface area contributed by atoms with E-state index in [1.807, 2.05) is 55.5 Å². The van der Waals surface area contributed by atoms with Crippen molar-refractivity contribution in [3.05, 3.63) is 54.1 Å². The highest BCUT2D eigenvalue weighted by Crippen LogP contribution is 2.16. The zero-order valence-corrected chi connectivity index (χ0v) is 13.8. The van der Waals surface area contributed by atoms with Crippen molar-refractivity contribution in [3.63, 3.8) is 0 Å². The lowest BCUT2D eigenvalue weighted by molar-refractivity contribution is -0.118. The number of aryl methyl sites for hydroxylation is 1. The number of amides is 1. The Morgan fingerprint density at radius 2 is 1.52 bits per heavy atom. The first-order chi connectivity index (χ1) is 11.0. The van der Waals surface area contributed by atoms with Crippen LogP contribution < -0.4 is 14.8 Å². The van der Waals surface area contributed by atoms with Gasteiger partial charge in [-0.2, -0.15) is 0 Å². The number of nitrogens with one attached hydrogen (secondary N) is 1. The SMILES string of the molecule is Cc1ccc(OCC(=O)Nc2ccc(OCC(C)C)cc2)cc1. The van der Waals surface area contributed by atoms with Gasteiger partial charge < -0.3 is 14.8 Å². The number of hydrogen-bond acceptors (Lipinski definition) is 3. The second-order valence-electron chi connectivity index (χ2n) is 5.88.